The fourth-order valence-electron chi connectivity index (χ4n) is 6.31. The van der Waals surface area contributed by atoms with Gasteiger partial charge < -0.3 is 88.9 Å². The molecule has 0 radical (unpaired) electrons. The number of hydrogen-bond donors (Lipinski definition) is 13. The maximum atomic E-state index is 11.5. The van der Waals surface area contributed by atoms with Gasteiger partial charge in [0.25, 0.3) is 0 Å². The molecule has 2 aliphatic carbocycles. The molecule has 0 bridgehead atoms. The van der Waals surface area contributed by atoms with Crippen LogP contribution in [0.4, 0.5) is 0 Å². The average Bonchev–Trinajstić information content (AvgIpc) is 2.96. The molecule has 4 aliphatic rings. The molecule has 4 fully saturated rings. The van der Waals surface area contributed by atoms with E-state index in [0.717, 1.165) is 19.4 Å². The fraction of sp³-hybridized carbons (Fsp3) is 1.00. The zero-order valence-corrected chi connectivity index (χ0v) is 24.4. The van der Waals surface area contributed by atoms with Gasteiger partial charge >= 0.3 is 0 Å². The summed E-state index contributed by atoms with van der Waals surface area (Å²) in [5, 5.41) is 69.1. The topological polar surface area (TPSA) is 312 Å². The fourth-order valence-corrected chi connectivity index (χ4v) is 6.31. The van der Waals surface area contributed by atoms with Crippen LogP contribution in [0.2, 0.25) is 0 Å². The van der Waals surface area contributed by atoms with Gasteiger partial charge in [0.15, 0.2) is 12.6 Å². The number of aliphatic hydroxyl groups is 6. The Morgan fingerprint density at radius 1 is 0.791 bits per heavy atom. The summed E-state index contributed by atoms with van der Waals surface area (Å²) in [6.45, 7) is 0.600. The molecule has 2 aliphatic heterocycles. The van der Waals surface area contributed by atoms with Crippen molar-refractivity contribution in [2.75, 3.05) is 32.8 Å². The van der Waals surface area contributed by atoms with Crippen molar-refractivity contribution in [3.8, 4) is 0 Å². The molecule has 2 heterocycles. The maximum absolute atomic E-state index is 11.5. The van der Waals surface area contributed by atoms with Crippen molar-refractivity contribution in [1.82, 2.24) is 10.6 Å². The lowest BCUT2D eigenvalue weighted by molar-refractivity contribution is -0.316. The Morgan fingerprint density at radius 2 is 1.47 bits per heavy atom. The first-order valence-corrected chi connectivity index (χ1v) is 15.2. The van der Waals surface area contributed by atoms with Crippen molar-refractivity contribution in [2.24, 2.45) is 34.6 Å². The molecule has 43 heavy (non-hydrogen) atoms. The number of ether oxygens (including phenoxy) is 4. The van der Waals surface area contributed by atoms with Gasteiger partial charge in [0.2, 0.25) is 0 Å². The van der Waals surface area contributed by atoms with Crippen LogP contribution in [0.1, 0.15) is 25.7 Å². The van der Waals surface area contributed by atoms with Crippen molar-refractivity contribution < 1.29 is 49.6 Å². The van der Waals surface area contributed by atoms with Crippen LogP contribution in [-0.4, -0.2) is 161 Å². The molecule has 4 rings (SSSR count). The molecule has 1 unspecified atom stereocenters. The van der Waals surface area contributed by atoms with Crippen molar-refractivity contribution in [2.45, 2.75) is 123 Å². The zero-order valence-electron chi connectivity index (χ0n) is 24.4. The van der Waals surface area contributed by atoms with Crippen LogP contribution in [-0.2, 0) is 18.9 Å². The summed E-state index contributed by atoms with van der Waals surface area (Å²) in [5.74, 6) is 0.488. The minimum absolute atomic E-state index is 0.00602. The molecule has 2 saturated carbocycles. The van der Waals surface area contributed by atoms with E-state index in [1.807, 2.05) is 0 Å². The molecular weight excluding hydrogens is 570 g/mol. The summed E-state index contributed by atoms with van der Waals surface area (Å²) in [4.78, 5) is 0. The molecule has 0 spiro atoms. The normalized spacial score (nSPS) is 48.1. The first kappa shape index (κ1) is 35.2. The van der Waals surface area contributed by atoms with Crippen molar-refractivity contribution >= 4 is 0 Å². The molecule has 0 aromatic rings. The summed E-state index contributed by atoms with van der Waals surface area (Å²) >= 11 is 0. The van der Waals surface area contributed by atoms with Crippen LogP contribution in [0.25, 0.3) is 0 Å². The lowest BCUT2D eigenvalue weighted by atomic mass is 9.81. The molecule has 17 nitrogen and oxygen atoms in total. The largest absolute Gasteiger partial charge is 0.394 e. The number of rotatable bonds is 13. The Labute approximate surface area is 251 Å². The van der Waals surface area contributed by atoms with Gasteiger partial charge in [-0.1, -0.05) is 0 Å². The van der Waals surface area contributed by atoms with Crippen LogP contribution in [0.3, 0.4) is 0 Å². The van der Waals surface area contributed by atoms with E-state index in [4.69, 9.17) is 47.6 Å². The third kappa shape index (κ3) is 8.57. The lowest BCUT2D eigenvalue weighted by Crippen LogP contribution is -2.69. The molecule has 15 atom stereocenters. The standard InChI is InChI=1S/C26H53N7O10/c27-5-12(35)7-33-15-3-13(29)23(22(39)24(15)43-26-21(38)19(31)20(37)18(9-34)41-26)42-25-14(30)4-16(36)17(40-25)8-32-6-10-1-11(28)2-10/h10-26,32-39H,1-9,27-31H2/t10?,11?,12?,13-,14+,15+,16-,17+,18+,19-,20+,21+,22-,23+,24-,25+,26+/m0/s1. The third-order valence-corrected chi connectivity index (χ3v) is 9.08. The van der Waals surface area contributed by atoms with Crippen LogP contribution >= 0.6 is 0 Å². The number of aliphatic hydroxyl groups excluding tert-OH is 6. The van der Waals surface area contributed by atoms with E-state index in [0.29, 0.717) is 12.5 Å². The number of hydrogen-bond acceptors (Lipinski definition) is 17. The Kier molecular flexibility index (Phi) is 12.9. The predicted octanol–water partition coefficient (Wildman–Crippen LogP) is -6.98. The maximum Gasteiger partial charge on any atom is 0.186 e. The molecule has 17 heteroatoms. The van der Waals surface area contributed by atoms with Crippen LogP contribution < -0.4 is 39.3 Å². The van der Waals surface area contributed by atoms with Gasteiger partial charge in [0.1, 0.15) is 36.6 Å². The second-order valence-corrected chi connectivity index (χ2v) is 12.5. The summed E-state index contributed by atoms with van der Waals surface area (Å²) in [6, 6.07) is -3.06. The molecular formula is C26H53N7O10. The van der Waals surface area contributed by atoms with Crippen molar-refractivity contribution in [3.63, 3.8) is 0 Å². The minimum Gasteiger partial charge on any atom is -0.394 e. The van der Waals surface area contributed by atoms with Gasteiger partial charge in [-0.3, -0.25) is 0 Å². The van der Waals surface area contributed by atoms with Gasteiger partial charge in [-0.15, -0.1) is 0 Å². The highest BCUT2D eigenvalue weighted by molar-refractivity contribution is 5.02. The van der Waals surface area contributed by atoms with E-state index < -0.39 is 98.3 Å². The second kappa shape index (κ2) is 15.7. The highest BCUT2D eigenvalue weighted by atomic mass is 16.7. The Balaban J connectivity index is 1.43. The monoisotopic (exact) mass is 623 g/mol. The number of nitrogens with one attached hydrogen (secondary N) is 2. The smallest absolute Gasteiger partial charge is 0.186 e. The predicted molar refractivity (Wildman–Crippen MR) is 152 cm³/mol. The van der Waals surface area contributed by atoms with E-state index in [-0.39, 0.29) is 32.0 Å². The first-order chi connectivity index (χ1) is 20.4. The lowest BCUT2D eigenvalue weighted by Gasteiger charge is -2.48. The van der Waals surface area contributed by atoms with Gasteiger partial charge in [-0.05, 0) is 38.1 Å². The SMILES string of the molecule is NCC(O)CN[C@@H]1C[C@H](N)[C@@H](O[C@H]2O[C@H](CNCC3CC(N)C3)[C@@H](O)C[C@H]2N)[C@H](O)[C@H]1O[C@H]1O[C@H](CO)[C@@H](O)[C@H](N)[C@H]1O. The minimum atomic E-state index is -1.49. The summed E-state index contributed by atoms with van der Waals surface area (Å²) in [6.07, 6.45) is -9.96. The summed E-state index contributed by atoms with van der Waals surface area (Å²) in [7, 11) is 0. The molecule has 2 saturated heterocycles. The van der Waals surface area contributed by atoms with E-state index in [9.17, 15) is 30.6 Å². The van der Waals surface area contributed by atoms with E-state index >= 15 is 0 Å². The molecule has 252 valence electrons. The first-order valence-electron chi connectivity index (χ1n) is 15.2. The van der Waals surface area contributed by atoms with Crippen LogP contribution in [0, 0.1) is 5.92 Å². The van der Waals surface area contributed by atoms with Gasteiger partial charge in [0.05, 0.1) is 37.0 Å². The van der Waals surface area contributed by atoms with Gasteiger partial charge in [-0.25, -0.2) is 0 Å². The second-order valence-electron chi connectivity index (χ2n) is 12.5. The molecule has 18 N–H and O–H groups in total. The average molecular weight is 624 g/mol. The van der Waals surface area contributed by atoms with Crippen LogP contribution in [0.5, 0.6) is 0 Å². The summed E-state index contributed by atoms with van der Waals surface area (Å²) in [5.41, 5.74) is 30.1. The summed E-state index contributed by atoms with van der Waals surface area (Å²) < 4.78 is 23.9. The Bertz CT molecular complexity index is 848. The highest BCUT2D eigenvalue weighted by Crippen LogP contribution is 2.32. The van der Waals surface area contributed by atoms with Gasteiger partial charge in [0, 0.05) is 37.8 Å². The number of nitrogens with two attached hydrogens (primary N) is 5. The quantitative estimate of drug-likeness (QED) is 0.0906. The van der Waals surface area contributed by atoms with Crippen molar-refractivity contribution in [3.05, 3.63) is 0 Å². The van der Waals surface area contributed by atoms with Gasteiger partial charge in [-0.2, -0.15) is 0 Å². The zero-order chi connectivity index (χ0) is 31.4. The highest BCUT2D eigenvalue weighted by Gasteiger charge is 2.51. The van der Waals surface area contributed by atoms with E-state index in [1.54, 1.807) is 0 Å². The Morgan fingerprint density at radius 3 is 2.12 bits per heavy atom. The van der Waals surface area contributed by atoms with Crippen LogP contribution in [0.15, 0.2) is 0 Å². The Hall–Kier alpha value is -0.680. The van der Waals surface area contributed by atoms with E-state index in [1.165, 1.54) is 0 Å². The van der Waals surface area contributed by atoms with E-state index in [2.05, 4.69) is 10.6 Å². The third-order valence-electron chi connectivity index (χ3n) is 9.08. The molecule has 0 aromatic heterocycles. The molecule has 0 amide bonds. The molecule has 0 aromatic carbocycles. The van der Waals surface area contributed by atoms with Crippen molar-refractivity contribution in [1.29, 1.82) is 0 Å².